The Labute approximate surface area is 142 Å². The van der Waals surface area contributed by atoms with Crippen LogP contribution in [0.3, 0.4) is 0 Å². The van der Waals surface area contributed by atoms with Crippen molar-refractivity contribution in [2.45, 2.75) is 70.6 Å². The van der Waals surface area contributed by atoms with Crippen molar-refractivity contribution >= 4 is 19.7 Å². The molecule has 0 amide bonds. The number of unbranched alkanes of at least 4 members (excludes halogenated alkanes) is 3. The number of hydrogen-bond acceptors (Lipinski definition) is 2. The Morgan fingerprint density at radius 3 is 2.26 bits per heavy atom. The highest BCUT2D eigenvalue weighted by molar-refractivity contribution is 6.78. The minimum absolute atomic E-state index is 0.341. The number of carboxylic acid groups (broad SMARTS) is 1. The van der Waals surface area contributed by atoms with Crippen molar-refractivity contribution in [2.75, 3.05) is 11.9 Å². The first kappa shape index (κ1) is 19.8. The second-order valence-corrected chi connectivity index (χ2v) is 12.2. The van der Waals surface area contributed by atoms with Crippen molar-refractivity contribution in [3.63, 3.8) is 0 Å². The molecule has 23 heavy (non-hydrogen) atoms. The van der Waals surface area contributed by atoms with E-state index in [0.717, 1.165) is 12.2 Å². The third-order valence-electron chi connectivity index (χ3n) is 4.91. The number of benzene rings is 1. The summed E-state index contributed by atoms with van der Waals surface area (Å²) in [5.41, 5.74) is 1.35. The Bertz CT molecular complexity index is 461. The van der Waals surface area contributed by atoms with Crippen LogP contribution in [0.15, 0.2) is 24.3 Å². The predicted octanol–water partition coefficient (Wildman–Crippen LogP) is 5.87. The van der Waals surface area contributed by atoms with Crippen molar-refractivity contribution in [3.8, 4) is 0 Å². The zero-order chi connectivity index (χ0) is 17.1. The highest BCUT2D eigenvalue weighted by atomic mass is 28.3. The number of aromatic carboxylic acids is 1. The molecule has 3 nitrogen and oxygen atoms in total. The molecule has 0 aliphatic carbocycles. The molecule has 1 rings (SSSR count). The van der Waals surface area contributed by atoms with Crippen LogP contribution in [-0.4, -0.2) is 25.7 Å². The van der Waals surface area contributed by atoms with Gasteiger partial charge in [-0.2, -0.15) is 0 Å². The van der Waals surface area contributed by atoms with E-state index >= 15 is 0 Å². The SMILES string of the molecule is CCCCCC[Si](C)(CC)CCCNc1ccc(C(=O)O)cc1. The smallest absolute Gasteiger partial charge is 0.335 e. The molecule has 4 heteroatoms. The molecule has 1 unspecified atom stereocenters. The average Bonchev–Trinajstić information content (AvgIpc) is 2.56. The summed E-state index contributed by atoms with van der Waals surface area (Å²) in [4.78, 5) is 10.8. The van der Waals surface area contributed by atoms with Gasteiger partial charge in [-0.05, 0) is 30.7 Å². The Morgan fingerprint density at radius 2 is 1.70 bits per heavy atom. The highest BCUT2D eigenvalue weighted by Crippen LogP contribution is 2.25. The van der Waals surface area contributed by atoms with Gasteiger partial charge in [0, 0.05) is 12.2 Å². The molecule has 0 aliphatic rings. The molecule has 1 atom stereocenters. The first-order chi connectivity index (χ1) is 11.0. The molecular formula is C19H33NO2Si. The second-order valence-electron chi connectivity index (χ2n) is 6.89. The van der Waals surface area contributed by atoms with Crippen molar-refractivity contribution in [3.05, 3.63) is 29.8 Å². The topological polar surface area (TPSA) is 49.3 Å². The largest absolute Gasteiger partial charge is 0.478 e. The molecule has 1 aromatic carbocycles. The van der Waals surface area contributed by atoms with Crippen LogP contribution in [0.4, 0.5) is 5.69 Å². The van der Waals surface area contributed by atoms with Gasteiger partial charge in [0.25, 0.3) is 0 Å². The predicted molar refractivity (Wildman–Crippen MR) is 102 cm³/mol. The van der Waals surface area contributed by atoms with Gasteiger partial charge in [0.2, 0.25) is 0 Å². The summed E-state index contributed by atoms with van der Waals surface area (Å²) >= 11 is 0. The molecule has 0 saturated carbocycles. The Balaban J connectivity index is 2.29. The standard InChI is InChI=1S/C19H33NO2Si/c1-4-6-7-8-15-23(3,5-2)16-9-14-20-18-12-10-17(11-13-18)19(21)22/h10-13,20H,4-9,14-16H2,1-3H3,(H,21,22). The molecule has 0 aliphatic heterocycles. The monoisotopic (exact) mass is 335 g/mol. The lowest BCUT2D eigenvalue weighted by atomic mass is 10.2. The lowest BCUT2D eigenvalue weighted by molar-refractivity contribution is 0.0697. The summed E-state index contributed by atoms with van der Waals surface area (Å²) in [6.45, 7) is 8.17. The lowest BCUT2D eigenvalue weighted by Gasteiger charge is -2.26. The van der Waals surface area contributed by atoms with Crippen LogP contribution in [-0.2, 0) is 0 Å². The minimum atomic E-state index is -1.05. The first-order valence-electron chi connectivity index (χ1n) is 9.08. The van der Waals surface area contributed by atoms with Crippen molar-refractivity contribution in [1.82, 2.24) is 0 Å². The van der Waals surface area contributed by atoms with E-state index in [-0.39, 0.29) is 0 Å². The van der Waals surface area contributed by atoms with Crippen LogP contribution in [0.5, 0.6) is 0 Å². The average molecular weight is 336 g/mol. The summed E-state index contributed by atoms with van der Waals surface area (Å²) in [6.07, 6.45) is 6.71. The molecular weight excluding hydrogens is 302 g/mol. The lowest BCUT2D eigenvalue weighted by Crippen LogP contribution is -2.29. The van der Waals surface area contributed by atoms with Gasteiger partial charge in [0.15, 0.2) is 0 Å². The third kappa shape index (κ3) is 7.69. The van der Waals surface area contributed by atoms with Gasteiger partial charge < -0.3 is 10.4 Å². The van der Waals surface area contributed by atoms with Gasteiger partial charge >= 0.3 is 5.97 Å². The number of hydrogen-bond donors (Lipinski definition) is 2. The second kappa shape index (κ2) is 10.5. The highest BCUT2D eigenvalue weighted by Gasteiger charge is 2.23. The van der Waals surface area contributed by atoms with Gasteiger partial charge in [0.1, 0.15) is 0 Å². The Hall–Kier alpha value is -1.29. The molecule has 0 heterocycles. The quantitative estimate of drug-likeness (QED) is 0.371. The zero-order valence-electron chi connectivity index (χ0n) is 15.0. The van der Waals surface area contributed by atoms with E-state index in [2.05, 4.69) is 25.7 Å². The number of anilines is 1. The fourth-order valence-corrected chi connectivity index (χ4v) is 6.03. The van der Waals surface area contributed by atoms with Gasteiger partial charge in [0.05, 0.1) is 13.6 Å². The first-order valence-corrected chi connectivity index (χ1v) is 12.2. The maximum Gasteiger partial charge on any atom is 0.335 e. The Morgan fingerprint density at radius 1 is 1.04 bits per heavy atom. The molecule has 2 N–H and O–H groups in total. The fourth-order valence-electron chi connectivity index (χ4n) is 2.94. The van der Waals surface area contributed by atoms with E-state index in [1.807, 2.05) is 12.1 Å². The Kier molecular flexibility index (Phi) is 9.00. The van der Waals surface area contributed by atoms with E-state index in [1.54, 1.807) is 12.1 Å². The summed E-state index contributed by atoms with van der Waals surface area (Å²) in [7, 11) is -1.05. The number of carboxylic acids is 1. The molecule has 130 valence electrons. The summed E-state index contributed by atoms with van der Waals surface area (Å²) < 4.78 is 0. The summed E-state index contributed by atoms with van der Waals surface area (Å²) in [5.74, 6) is -0.871. The van der Waals surface area contributed by atoms with Crippen LogP contribution >= 0.6 is 0 Å². The van der Waals surface area contributed by atoms with Crippen molar-refractivity contribution < 1.29 is 9.90 Å². The van der Waals surface area contributed by atoms with Crippen LogP contribution in [0, 0.1) is 0 Å². The van der Waals surface area contributed by atoms with Crippen molar-refractivity contribution in [1.29, 1.82) is 0 Å². The molecule has 0 bridgehead atoms. The van der Waals surface area contributed by atoms with Gasteiger partial charge in [-0.3, -0.25) is 0 Å². The number of carbonyl (C=O) groups is 1. The molecule has 1 aromatic rings. The number of rotatable bonds is 12. The van der Waals surface area contributed by atoms with E-state index in [1.165, 1.54) is 50.2 Å². The number of nitrogens with one attached hydrogen (secondary N) is 1. The van der Waals surface area contributed by atoms with E-state index < -0.39 is 14.0 Å². The molecule has 0 radical (unpaired) electrons. The fraction of sp³-hybridized carbons (Fsp3) is 0.632. The van der Waals surface area contributed by atoms with E-state index in [0.29, 0.717) is 5.56 Å². The summed E-state index contributed by atoms with van der Waals surface area (Å²) in [6, 6.07) is 11.3. The van der Waals surface area contributed by atoms with Gasteiger partial charge in [-0.25, -0.2) is 4.79 Å². The van der Waals surface area contributed by atoms with Gasteiger partial charge in [-0.1, -0.05) is 64.2 Å². The van der Waals surface area contributed by atoms with Crippen molar-refractivity contribution in [2.24, 2.45) is 0 Å². The van der Waals surface area contributed by atoms with Crippen LogP contribution in [0.1, 0.15) is 56.3 Å². The normalized spacial score (nSPS) is 13.5. The van der Waals surface area contributed by atoms with Crippen LogP contribution < -0.4 is 5.32 Å². The van der Waals surface area contributed by atoms with Crippen LogP contribution in [0.25, 0.3) is 0 Å². The zero-order valence-corrected chi connectivity index (χ0v) is 16.0. The molecule has 0 aromatic heterocycles. The third-order valence-corrected chi connectivity index (χ3v) is 9.73. The molecule has 0 saturated heterocycles. The van der Waals surface area contributed by atoms with E-state index in [4.69, 9.17) is 5.11 Å². The van der Waals surface area contributed by atoms with Crippen LogP contribution in [0.2, 0.25) is 24.7 Å². The minimum Gasteiger partial charge on any atom is -0.478 e. The van der Waals surface area contributed by atoms with Gasteiger partial charge in [-0.15, -0.1) is 0 Å². The van der Waals surface area contributed by atoms with E-state index in [9.17, 15) is 4.79 Å². The summed E-state index contributed by atoms with van der Waals surface area (Å²) in [5, 5.41) is 12.3. The molecule has 0 spiro atoms. The maximum atomic E-state index is 10.8. The molecule has 0 fully saturated rings. The maximum absolute atomic E-state index is 10.8.